The summed E-state index contributed by atoms with van der Waals surface area (Å²) in [5, 5.41) is 14.6. The van der Waals surface area contributed by atoms with E-state index in [1.54, 1.807) is 0 Å². The van der Waals surface area contributed by atoms with Crippen molar-refractivity contribution in [1.29, 1.82) is 0 Å². The number of nitrogens with two attached hydrogens (primary N) is 1. The molecule has 86 valence electrons. The van der Waals surface area contributed by atoms with Crippen LogP contribution in [0.2, 0.25) is 0 Å². The number of aromatic carboxylic acids is 1. The maximum absolute atomic E-state index is 11.6. The van der Waals surface area contributed by atoms with Gasteiger partial charge in [0.25, 0.3) is 5.95 Å². The minimum Gasteiger partial charge on any atom is -0.475 e. The van der Waals surface area contributed by atoms with E-state index in [-0.39, 0.29) is 23.6 Å². The third-order valence-electron chi connectivity index (χ3n) is 2.46. The van der Waals surface area contributed by atoms with Crippen LogP contribution >= 0.6 is 0 Å². The number of carbonyl (C=O) groups is 2. The molecule has 2 heterocycles. The highest BCUT2D eigenvalue weighted by molar-refractivity contribution is 5.94. The molecule has 4 N–H and O–H groups in total. The highest BCUT2D eigenvalue weighted by atomic mass is 16.4. The molecule has 1 saturated heterocycles. The summed E-state index contributed by atoms with van der Waals surface area (Å²) in [6, 6.07) is 0. The smallest absolute Gasteiger partial charge is 0.373 e. The van der Waals surface area contributed by atoms with Gasteiger partial charge in [-0.3, -0.25) is 14.8 Å². The van der Waals surface area contributed by atoms with Gasteiger partial charge in [0.1, 0.15) is 0 Å². The lowest BCUT2D eigenvalue weighted by Gasteiger charge is -2.10. The maximum Gasteiger partial charge on any atom is 0.373 e. The standard InChI is InChI=1S/C8H11N5O3/c9-2-4-1-5(14)13(3-4)8-10-6(7(15)16)11-12-8/h4H,1-3,9H2,(H,15,16)(H,10,11,12). The molecule has 0 bridgehead atoms. The predicted molar refractivity (Wildman–Crippen MR) is 52.9 cm³/mol. The van der Waals surface area contributed by atoms with Crippen molar-refractivity contribution in [3.8, 4) is 0 Å². The molecule has 2 rings (SSSR count). The number of carboxylic acid groups (broad SMARTS) is 1. The van der Waals surface area contributed by atoms with E-state index in [1.165, 1.54) is 4.90 Å². The number of anilines is 1. The highest BCUT2D eigenvalue weighted by Gasteiger charge is 2.32. The second-order valence-corrected chi connectivity index (χ2v) is 3.60. The van der Waals surface area contributed by atoms with E-state index in [9.17, 15) is 9.59 Å². The Morgan fingerprint density at radius 3 is 2.94 bits per heavy atom. The molecule has 0 aromatic carbocycles. The van der Waals surface area contributed by atoms with Gasteiger partial charge in [-0.2, -0.15) is 4.98 Å². The van der Waals surface area contributed by atoms with Crippen LogP contribution in [-0.2, 0) is 4.79 Å². The molecule has 0 spiro atoms. The fourth-order valence-corrected chi connectivity index (χ4v) is 1.60. The molecule has 16 heavy (non-hydrogen) atoms. The van der Waals surface area contributed by atoms with E-state index in [1.807, 2.05) is 0 Å². The van der Waals surface area contributed by atoms with Gasteiger partial charge in [-0.25, -0.2) is 4.79 Å². The number of rotatable bonds is 3. The first-order chi connectivity index (χ1) is 7.61. The number of aromatic amines is 1. The summed E-state index contributed by atoms with van der Waals surface area (Å²) in [4.78, 5) is 27.2. The molecule has 0 aliphatic carbocycles. The average molecular weight is 225 g/mol. The molecule has 1 aliphatic heterocycles. The number of hydrogen-bond acceptors (Lipinski definition) is 5. The van der Waals surface area contributed by atoms with Crippen LogP contribution in [0.5, 0.6) is 0 Å². The fraction of sp³-hybridized carbons (Fsp3) is 0.500. The molecule has 8 heteroatoms. The van der Waals surface area contributed by atoms with Crippen molar-refractivity contribution in [3.63, 3.8) is 0 Å². The van der Waals surface area contributed by atoms with Crippen molar-refractivity contribution >= 4 is 17.8 Å². The van der Waals surface area contributed by atoms with Crippen LogP contribution in [0.15, 0.2) is 0 Å². The second-order valence-electron chi connectivity index (χ2n) is 3.60. The van der Waals surface area contributed by atoms with Crippen LogP contribution in [0.25, 0.3) is 0 Å². The van der Waals surface area contributed by atoms with Crippen molar-refractivity contribution < 1.29 is 14.7 Å². The molecule has 1 atom stereocenters. The van der Waals surface area contributed by atoms with Crippen molar-refractivity contribution in [2.24, 2.45) is 11.7 Å². The maximum atomic E-state index is 11.6. The summed E-state index contributed by atoms with van der Waals surface area (Å²) in [5.74, 6) is -1.44. The monoisotopic (exact) mass is 225 g/mol. The largest absolute Gasteiger partial charge is 0.475 e. The predicted octanol–water partition coefficient (Wildman–Crippen LogP) is -1.19. The molecule has 1 aromatic rings. The van der Waals surface area contributed by atoms with E-state index < -0.39 is 5.97 Å². The van der Waals surface area contributed by atoms with Gasteiger partial charge in [0, 0.05) is 13.0 Å². The number of H-pyrrole nitrogens is 1. The van der Waals surface area contributed by atoms with Gasteiger partial charge in [0.05, 0.1) is 0 Å². The van der Waals surface area contributed by atoms with Crippen LogP contribution in [0.4, 0.5) is 5.95 Å². The SMILES string of the molecule is NCC1CC(=O)N(c2n[nH]c(C(=O)O)n2)C1. The lowest BCUT2D eigenvalue weighted by molar-refractivity contribution is -0.117. The number of hydrogen-bond donors (Lipinski definition) is 3. The lowest BCUT2D eigenvalue weighted by atomic mass is 10.1. The summed E-state index contributed by atoms with van der Waals surface area (Å²) < 4.78 is 0. The first-order valence-electron chi connectivity index (χ1n) is 4.78. The molecule has 1 aromatic heterocycles. The number of carboxylic acids is 1. The minimum absolute atomic E-state index is 0.0827. The van der Waals surface area contributed by atoms with Gasteiger partial charge >= 0.3 is 5.97 Å². The van der Waals surface area contributed by atoms with Crippen LogP contribution in [0.3, 0.4) is 0 Å². The van der Waals surface area contributed by atoms with E-state index in [0.29, 0.717) is 19.5 Å². The molecule has 0 radical (unpaired) electrons. The van der Waals surface area contributed by atoms with Gasteiger partial charge in [0.2, 0.25) is 11.7 Å². The minimum atomic E-state index is -1.21. The van der Waals surface area contributed by atoms with E-state index in [2.05, 4.69) is 15.2 Å². The number of aromatic nitrogens is 3. The Morgan fingerprint density at radius 1 is 1.69 bits per heavy atom. The number of nitrogens with zero attached hydrogens (tertiary/aromatic N) is 3. The number of carbonyl (C=O) groups excluding carboxylic acids is 1. The topological polar surface area (TPSA) is 125 Å². The quantitative estimate of drug-likeness (QED) is 0.594. The summed E-state index contributed by atoms with van der Waals surface area (Å²) >= 11 is 0. The van der Waals surface area contributed by atoms with E-state index in [4.69, 9.17) is 10.8 Å². The third-order valence-corrected chi connectivity index (χ3v) is 2.46. The van der Waals surface area contributed by atoms with Gasteiger partial charge in [-0.05, 0) is 12.5 Å². The zero-order valence-corrected chi connectivity index (χ0v) is 8.38. The fourth-order valence-electron chi connectivity index (χ4n) is 1.60. The van der Waals surface area contributed by atoms with Crippen LogP contribution < -0.4 is 10.6 Å². The van der Waals surface area contributed by atoms with Crippen molar-refractivity contribution in [2.45, 2.75) is 6.42 Å². The van der Waals surface area contributed by atoms with Crippen LogP contribution in [-0.4, -0.2) is 45.3 Å². The Kier molecular flexibility index (Phi) is 2.57. The van der Waals surface area contributed by atoms with Crippen molar-refractivity contribution in [1.82, 2.24) is 15.2 Å². The van der Waals surface area contributed by atoms with Gasteiger partial charge < -0.3 is 10.8 Å². The first-order valence-corrected chi connectivity index (χ1v) is 4.78. The Labute approximate surface area is 90.4 Å². The van der Waals surface area contributed by atoms with Crippen LogP contribution in [0.1, 0.15) is 17.0 Å². The normalized spacial score (nSPS) is 20.4. The second kappa shape index (κ2) is 3.89. The van der Waals surface area contributed by atoms with E-state index >= 15 is 0 Å². The zero-order valence-electron chi connectivity index (χ0n) is 8.38. The molecule has 1 aliphatic rings. The molecule has 1 amide bonds. The Bertz CT molecular complexity index is 429. The summed E-state index contributed by atoms with van der Waals surface area (Å²) in [5.41, 5.74) is 5.47. The molecular formula is C8H11N5O3. The molecular weight excluding hydrogens is 214 g/mol. The first kappa shape index (κ1) is 10.6. The Balaban J connectivity index is 2.18. The van der Waals surface area contributed by atoms with Gasteiger partial charge in [0.15, 0.2) is 0 Å². The molecule has 1 unspecified atom stereocenters. The number of nitrogens with one attached hydrogen (secondary N) is 1. The lowest BCUT2D eigenvalue weighted by Crippen LogP contribution is -2.26. The van der Waals surface area contributed by atoms with Crippen LogP contribution in [0, 0.1) is 5.92 Å². The van der Waals surface area contributed by atoms with Crippen molar-refractivity contribution in [2.75, 3.05) is 18.0 Å². The summed E-state index contributed by atoms with van der Waals surface area (Å²) in [6.45, 7) is 0.852. The average Bonchev–Trinajstić information content (AvgIpc) is 2.83. The molecule has 0 saturated carbocycles. The number of amides is 1. The van der Waals surface area contributed by atoms with Gasteiger partial charge in [-0.1, -0.05) is 0 Å². The third kappa shape index (κ3) is 1.74. The Morgan fingerprint density at radius 2 is 2.44 bits per heavy atom. The van der Waals surface area contributed by atoms with Crippen molar-refractivity contribution in [3.05, 3.63) is 5.82 Å². The molecule has 1 fully saturated rings. The highest BCUT2D eigenvalue weighted by Crippen LogP contribution is 2.20. The van der Waals surface area contributed by atoms with E-state index in [0.717, 1.165) is 0 Å². The molecule has 8 nitrogen and oxygen atoms in total. The Hall–Kier alpha value is -1.96. The summed E-state index contributed by atoms with van der Waals surface area (Å²) in [7, 11) is 0. The zero-order chi connectivity index (χ0) is 11.7. The van der Waals surface area contributed by atoms with Gasteiger partial charge in [-0.15, -0.1) is 5.10 Å². The summed E-state index contributed by atoms with van der Waals surface area (Å²) in [6.07, 6.45) is 0.355.